The van der Waals surface area contributed by atoms with Gasteiger partial charge in [-0.05, 0) is 60.0 Å². The van der Waals surface area contributed by atoms with E-state index in [4.69, 9.17) is 0 Å². The lowest BCUT2D eigenvalue weighted by molar-refractivity contribution is 0.0997. The van der Waals surface area contributed by atoms with Crippen LogP contribution in [0.15, 0.2) is 35.7 Å². The molecule has 1 fully saturated rings. The molecule has 1 aliphatic carbocycles. The van der Waals surface area contributed by atoms with Crippen LogP contribution in [0.25, 0.3) is 0 Å². The first-order valence-corrected chi connectivity index (χ1v) is 8.61. The van der Waals surface area contributed by atoms with Gasteiger partial charge in [0.25, 0.3) is 0 Å². The molecule has 0 radical (unpaired) electrons. The molecule has 1 N–H and O–H groups in total. The summed E-state index contributed by atoms with van der Waals surface area (Å²) in [6.45, 7) is 2.19. The fourth-order valence-electron chi connectivity index (χ4n) is 3.90. The quantitative estimate of drug-likeness (QED) is 0.871. The highest BCUT2D eigenvalue weighted by molar-refractivity contribution is 7.12. The van der Waals surface area contributed by atoms with Crippen LogP contribution in [0.3, 0.4) is 0 Å². The number of rotatable bonds is 1. The molecule has 1 saturated heterocycles. The Hall–Kier alpha value is -1.45. The standard InChI is InChI=1S/C18H19NOS/c20-16-11-13-3-1-2-4-14(13)17(12-5-8-19-9-6-12)15-7-10-21-18(15)16/h1-4,7,10,12,17,19H,5-6,8-9,11H2. The lowest BCUT2D eigenvalue weighted by Crippen LogP contribution is -2.31. The van der Waals surface area contributed by atoms with Crippen molar-refractivity contribution in [3.8, 4) is 0 Å². The fourth-order valence-corrected chi connectivity index (χ4v) is 4.78. The second kappa shape index (κ2) is 5.39. The Morgan fingerprint density at radius 3 is 2.71 bits per heavy atom. The molecule has 21 heavy (non-hydrogen) atoms. The SMILES string of the molecule is O=C1Cc2ccccc2C(C2CCNCC2)c2ccsc21. The van der Waals surface area contributed by atoms with Gasteiger partial charge in [0.15, 0.2) is 5.78 Å². The molecule has 2 heterocycles. The molecule has 0 spiro atoms. The summed E-state index contributed by atoms with van der Waals surface area (Å²) in [4.78, 5) is 13.6. The first kappa shape index (κ1) is 13.2. The number of Topliss-reactive ketones (excluding diaryl/α,β-unsaturated/α-hetero) is 1. The minimum absolute atomic E-state index is 0.295. The predicted octanol–water partition coefficient (Wildman–Crippen LogP) is 3.62. The number of hydrogen-bond donors (Lipinski definition) is 1. The zero-order valence-corrected chi connectivity index (χ0v) is 12.8. The van der Waals surface area contributed by atoms with Gasteiger partial charge in [-0.1, -0.05) is 24.3 Å². The van der Waals surface area contributed by atoms with Gasteiger partial charge in [-0.15, -0.1) is 11.3 Å². The van der Waals surface area contributed by atoms with Gasteiger partial charge in [0, 0.05) is 12.3 Å². The zero-order chi connectivity index (χ0) is 14.2. The first-order valence-electron chi connectivity index (χ1n) is 7.73. The Kier molecular flexibility index (Phi) is 3.40. The van der Waals surface area contributed by atoms with Crippen LogP contribution in [0.5, 0.6) is 0 Å². The van der Waals surface area contributed by atoms with Gasteiger partial charge in [0.05, 0.1) is 4.88 Å². The van der Waals surface area contributed by atoms with E-state index in [1.807, 2.05) is 0 Å². The number of thiophene rings is 1. The molecule has 1 unspecified atom stereocenters. The van der Waals surface area contributed by atoms with Gasteiger partial charge in [-0.3, -0.25) is 4.79 Å². The predicted molar refractivity (Wildman–Crippen MR) is 86.2 cm³/mol. The third kappa shape index (κ3) is 2.25. The maximum Gasteiger partial charge on any atom is 0.177 e. The van der Waals surface area contributed by atoms with E-state index < -0.39 is 0 Å². The molecule has 2 nitrogen and oxygen atoms in total. The van der Waals surface area contributed by atoms with E-state index in [0.29, 0.717) is 24.0 Å². The van der Waals surface area contributed by atoms with Crippen molar-refractivity contribution in [2.75, 3.05) is 13.1 Å². The Balaban J connectivity index is 1.88. The lowest BCUT2D eigenvalue weighted by Gasteiger charge is -2.31. The smallest absolute Gasteiger partial charge is 0.177 e. The number of fused-ring (bicyclic) bond motifs is 2. The van der Waals surface area contributed by atoms with Crippen molar-refractivity contribution in [1.82, 2.24) is 5.32 Å². The van der Waals surface area contributed by atoms with Gasteiger partial charge in [-0.2, -0.15) is 0 Å². The molecule has 3 heteroatoms. The summed E-state index contributed by atoms with van der Waals surface area (Å²) in [6.07, 6.45) is 2.95. The van der Waals surface area contributed by atoms with Gasteiger partial charge in [-0.25, -0.2) is 0 Å². The fraction of sp³-hybridized carbons (Fsp3) is 0.389. The molecule has 108 valence electrons. The molecule has 1 aromatic carbocycles. The molecule has 0 bridgehead atoms. The van der Waals surface area contributed by atoms with Crippen LogP contribution in [0, 0.1) is 5.92 Å². The molecule has 4 rings (SSSR count). The summed E-state index contributed by atoms with van der Waals surface area (Å²) >= 11 is 1.62. The number of nitrogens with one attached hydrogen (secondary N) is 1. The third-order valence-electron chi connectivity index (χ3n) is 4.88. The zero-order valence-electron chi connectivity index (χ0n) is 12.0. The van der Waals surface area contributed by atoms with Gasteiger partial charge in [0.1, 0.15) is 0 Å². The highest BCUT2D eigenvalue weighted by Crippen LogP contribution is 2.43. The van der Waals surface area contributed by atoms with Crippen LogP contribution in [0.2, 0.25) is 0 Å². The third-order valence-corrected chi connectivity index (χ3v) is 5.85. The summed E-state index contributed by atoms with van der Waals surface area (Å²) in [6, 6.07) is 10.7. The Morgan fingerprint density at radius 2 is 1.86 bits per heavy atom. The van der Waals surface area contributed by atoms with Crippen molar-refractivity contribution in [2.45, 2.75) is 25.2 Å². The van der Waals surface area contributed by atoms with Crippen LogP contribution in [-0.4, -0.2) is 18.9 Å². The molecule has 2 aromatic rings. The molecule has 0 amide bonds. The summed E-state index contributed by atoms with van der Waals surface area (Å²) in [5.41, 5.74) is 3.89. The van der Waals surface area contributed by atoms with Gasteiger partial charge in [0.2, 0.25) is 0 Å². The van der Waals surface area contributed by atoms with E-state index in [-0.39, 0.29) is 0 Å². The van der Waals surface area contributed by atoms with Crippen LogP contribution < -0.4 is 5.32 Å². The normalized spacial score (nSPS) is 22.5. The Labute approximate surface area is 129 Å². The van der Waals surface area contributed by atoms with Gasteiger partial charge < -0.3 is 5.32 Å². The summed E-state index contributed by atoms with van der Waals surface area (Å²) < 4.78 is 0. The van der Waals surface area contributed by atoms with Crippen LogP contribution >= 0.6 is 11.3 Å². The number of benzene rings is 1. The van der Waals surface area contributed by atoms with Crippen molar-refractivity contribution < 1.29 is 4.79 Å². The van der Waals surface area contributed by atoms with Crippen molar-refractivity contribution in [1.29, 1.82) is 0 Å². The van der Waals surface area contributed by atoms with E-state index in [0.717, 1.165) is 18.0 Å². The van der Waals surface area contributed by atoms with E-state index >= 15 is 0 Å². The maximum atomic E-state index is 12.6. The molecule has 0 saturated carbocycles. The van der Waals surface area contributed by atoms with Crippen molar-refractivity contribution in [3.63, 3.8) is 0 Å². The Morgan fingerprint density at radius 1 is 1.05 bits per heavy atom. The molecule has 1 aromatic heterocycles. The van der Waals surface area contributed by atoms with Crippen LogP contribution in [0.1, 0.15) is 45.1 Å². The lowest BCUT2D eigenvalue weighted by atomic mass is 9.76. The number of carbonyl (C=O) groups is 1. The van der Waals surface area contributed by atoms with E-state index in [1.165, 1.54) is 29.5 Å². The summed E-state index contributed by atoms with van der Waals surface area (Å²) in [5.74, 6) is 1.34. The highest BCUT2D eigenvalue weighted by atomic mass is 32.1. The van der Waals surface area contributed by atoms with Crippen LogP contribution in [0.4, 0.5) is 0 Å². The van der Waals surface area contributed by atoms with Crippen molar-refractivity contribution in [2.24, 2.45) is 5.92 Å². The average molecular weight is 297 g/mol. The monoisotopic (exact) mass is 297 g/mol. The summed E-state index contributed by atoms with van der Waals surface area (Å²) in [7, 11) is 0. The Bertz CT molecular complexity index is 669. The molecular formula is C18H19NOS. The molecule has 2 aliphatic rings. The summed E-state index contributed by atoms with van der Waals surface area (Å²) in [5, 5.41) is 5.54. The number of ketones is 1. The maximum absolute atomic E-state index is 12.6. The number of hydrogen-bond acceptors (Lipinski definition) is 3. The second-order valence-electron chi connectivity index (χ2n) is 6.07. The van der Waals surface area contributed by atoms with Crippen LogP contribution in [-0.2, 0) is 6.42 Å². The highest BCUT2D eigenvalue weighted by Gasteiger charge is 2.34. The minimum atomic E-state index is 0.295. The first-order chi connectivity index (χ1) is 10.3. The molecule has 1 atom stereocenters. The molecule has 1 aliphatic heterocycles. The number of carbonyl (C=O) groups excluding carboxylic acids is 1. The van der Waals surface area contributed by atoms with E-state index in [1.54, 1.807) is 11.3 Å². The van der Waals surface area contributed by atoms with Crippen molar-refractivity contribution >= 4 is 17.1 Å². The van der Waals surface area contributed by atoms with Crippen molar-refractivity contribution in [3.05, 3.63) is 57.3 Å². The topological polar surface area (TPSA) is 29.1 Å². The second-order valence-corrected chi connectivity index (χ2v) is 6.99. The number of piperidine rings is 1. The van der Waals surface area contributed by atoms with E-state index in [2.05, 4.69) is 41.0 Å². The van der Waals surface area contributed by atoms with E-state index in [9.17, 15) is 4.79 Å². The minimum Gasteiger partial charge on any atom is -0.317 e. The average Bonchev–Trinajstić information content (AvgIpc) is 2.96. The molecular weight excluding hydrogens is 278 g/mol. The van der Waals surface area contributed by atoms with Gasteiger partial charge >= 0.3 is 0 Å². The largest absolute Gasteiger partial charge is 0.317 e.